The van der Waals surface area contributed by atoms with E-state index in [9.17, 15) is 4.79 Å². The number of carbonyl (C=O) groups is 1. The molecule has 3 heteroatoms. The molecule has 16 heavy (non-hydrogen) atoms. The normalized spacial score (nSPS) is 10.5. The van der Waals surface area contributed by atoms with Crippen LogP contribution in [0.5, 0.6) is 0 Å². The van der Waals surface area contributed by atoms with Crippen LogP contribution in [-0.2, 0) is 4.79 Å². The average molecular weight is 210 g/mol. The molecular weight excluding hydrogens is 200 g/mol. The smallest absolute Gasteiger partial charge is 0.142 e. The second-order valence-electron chi connectivity index (χ2n) is 3.18. The Balaban J connectivity index is 2.36. The highest BCUT2D eigenvalue weighted by atomic mass is 16.1. The summed E-state index contributed by atoms with van der Waals surface area (Å²) in [6.07, 6.45) is 7.37. The van der Waals surface area contributed by atoms with Crippen LogP contribution >= 0.6 is 0 Å². The molecule has 78 valence electrons. The molecule has 0 aliphatic carbocycles. The van der Waals surface area contributed by atoms with Crippen LogP contribution in [0.15, 0.2) is 48.8 Å². The lowest BCUT2D eigenvalue weighted by Gasteiger charge is -2.00. The first-order valence-corrected chi connectivity index (χ1v) is 4.89. The molecule has 3 nitrogen and oxygen atoms in total. The van der Waals surface area contributed by atoms with Gasteiger partial charge in [0, 0.05) is 12.4 Å². The van der Waals surface area contributed by atoms with Gasteiger partial charge in [0.25, 0.3) is 0 Å². The van der Waals surface area contributed by atoms with E-state index in [0.29, 0.717) is 0 Å². The Hall–Kier alpha value is -2.29. The van der Waals surface area contributed by atoms with Gasteiger partial charge in [-0.25, -0.2) is 0 Å². The zero-order chi connectivity index (χ0) is 11.2. The fourth-order valence-corrected chi connectivity index (χ4v) is 1.36. The van der Waals surface area contributed by atoms with Gasteiger partial charge in [-0.2, -0.15) is 0 Å². The number of pyridine rings is 2. The third-order valence-corrected chi connectivity index (χ3v) is 2.08. The molecule has 0 atom stereocenters. The first-order chi connectivity index (χ1) is 7.90. The quantitative estimate of drug-likeness (QED) is 0.577. The van der Waals surface area contributed by atoms with Crippen molar-refractivity contribution < 1.29 is 4.79 Å². The van der Waals surface area contributed by atoms with Gasteiger partial charge >= 0.3 is 0 Å². The van der Waals surface area contributed by atoms with Gasteiger partial charge in [0.1, 0.15) is 6.29 Å². The van der Waals surface area contributed by atoms with Crippen molar-refractivity contribution >= 4 is 12.4 Å². The van der Waals surface area contributed by atoms with E-state index in [4.69, 9.17) is 0 Å². The second kappa shape index (κ2) is 4.98. The number of hydrogen-bond donors (Lipinski definition) is 0. The molecule has 2 aromatic rings. The van der Waals surface area contributed by atoms with Gasteiger partial charge < -0.3 is 0 Å². The van der Waals surface area contributed by atoms with E-state index in [2.05, 4.69) is 9.97 Å². The van der Waals surface area contributed by atoms with E-state index in [1.807, 2.05) is 30.3 Å². The molecule has 0 saturated carbocycles. The predicted molar refractivity (Wildman–Crippen MR) is 62.6 cm³/mol. The number of nitrogens with zero attached hydrogens (tertiary/aromatic N) is 2. The molecule has 0 amide bonds. The summed E-state index contributed by atoms with van der Waals surface area (Å²) < 4.78 is 0. The largest absolute Gasteiger partial charge is 0.299 e. The first kappa shape index (κ1) is 10.2. The molecule has 0 aliphatic heterocycles. The van der Waals surface area contributed by atoms with Crippen LogP contribution in [0.4, 0.5) is 0 Å². The summed E-state index contributed by atoms with van der Waals surface area (Å²) in [5.41, 5.74) is 2.56. The Bertz CT molecular complexity index is 506. The molecule has 2 aromatic heterocycles. The van der Waals surface area contributed by atoms with Gasteiger partial charge in [-0.3, -0.25) is 14.8 Å². The van der Waals surface area contributed by atoms with Crippen molar-refractivity contribution in [1.29, 1.82) is 0 Å². The average Bonchev–Trinajstić information content (AvgIpc) is 2.38. The van der Waals surface area contributed by atoms with Crippen LogP contribution in [0.2, 0.25) is 0 Å². The molecule has 0 aromatic carbocycles. The maximum atomic E-state index is 10.2. The summed E-state index contributed by atoms with van der Waals surface area (Å²) in [6, 6.07) is 9.40. The fourth-order valence-electron chi connectivity index (χ4n) is 1.36. The van der Waals surface area contributed by atoms with Gasteiger partial charge in [0.15, 0.2) is 0 Å². The maximum Gasteiger partial charge on any atom is 0.142 e. The van der Waals surface area contributed by atoms with Crippen LogP contribution in [0.25, 0.3) is 17.5 Å². The zero-order valence-electron chi connectivity index (χ0n) is 8.58. The number of rotatable bonds is 3. The highest BCUT2D eigenvalue weighted by molar-refractivity contribution is 5.74. The van der Waals surface area contributed by atoms with Gasteiger partial charge in [0.05, 0.1) is 11.4 Å². The summed E-state index contributed by atoms with van der Waals surface area (Å²) in [5.74, 6) is 0. The second-order valence-corrected chi connectivity index (χ2v) is 3.18. The van der Waals surface area contributed by atoms with Crippen LogP contribution in [0, 0.1) is 0 Å². The Morgan fingerprint density at radius 1 is 1.00 bits per heavy atom. The van der Waals surface area contributed by atoms with Crippen molar-refractivity contribution in [3.8, 4) is 11.4 Å². The molecule has 2 rings (SSSR count). The van der Waals surface area contributed by atoms with E-state index in [0.717, 1.165) is 23.2 Å². The summed E-state index contributed by atoms with van der Waals surface area (Å²) in [7, 11) is 0. The Kier molecular flexibility index (Phi) is 3.18. The minimum Gasteiger partial charge on any atom is -0.299 e. The number of allylic oxidation sites excluding steroid dienone is 1. The summed E-state index contributed by atoms with van der Waals surface area (Å²) in [4.78, 5) is 18.7. The maximum absolute atomic E-state index is 10.2. The highest BCUT2D eigenvalue weighted by Gasteiger charge is 1.99. The van der Waals surface area contributed by atoms with E-state index < -0.39 is 0 Å². The monoisotopic (exact) mass is 210 g/mol. The first-order valence-electron chi connectivity index (χ1n) is 4.89. The van der Waals surface area contributed by atoms with Crippen LogP contribution < -0.4 is 0 Å². The molecule has 0 fully saturated rings. The SMILES string of the molecule is O=C/C=C/c1ccnc(-c2ccccn2)c1. The van der Waals surface area contributed by atoms with Gasteiger partial charge in [0.2, 0.25) is 0 Å². The van der Waals surface area contributed by atoms with E-state index in [1.54, 1.807) is 18.5 Å². The number of carbonyl (C=O) groups excluding carboxylic acids is 1. The van der Waals surface area contributed by atoms with Crippen molar-refractivity contribution in [3.63, 3.8) is 0 Å². The van der Waals surface area contributed by atoms with Crippen molar-refractivity contribution in [1.82, 2.24) is 9.97 Å². The Labute approximate surface area is 93.5 Å². The van der Waals surface area contributed by atoms with Crippen LogP contribution in [0.1, 0.15) is 5.56 Å². The molecule has 0 saturated heterocycles. The lowest BCUT2D eigenvalue weighted by molar-refractivity contribution is -0.104. The topological polar surface area (TPSA) is 42.9 Å². The van der Waals surface area contributed by atoms with Crippen molar-refractivity contribution in [2.75, 3.05) is 0 Å². The molecule has 0 N–H and O–H groups in total. The standard InChI is InChI=1S/C13H10N2O/c16-9-3-4-11-6-8-15-13(10-11)12-5-1-2-7-14-12/h1-10H/b4-3+. The van der Waals surface area contributed by atoms with Crippen LogP contribution in [0.3, 0.4) is 0 Å². The number of aldehydes is 1. The van der Waals surface area contributed by atoms with E-state index >= 15 is 0 Å². The van der Waals surface area contributed by atoms with Crippen molar-refractivity contribution in [2.45, 2.75) is 0 Å². The van der Waals surface area contributed by atoms with Crippen LogP contribution in [-0.4, -0.2) is 16.3 Å². The number of hydrogen-bond acceptors (Lipinski definition) is 3. The predicted octanol–water partition coefficient (Wildman–Crippen LogP) is 2.36. The molecule has 0 spiro atoms. The van der Waals surface area contributed by atoms with Crippen molar-refractivity contribution in [3.05, 3.63) is 54.4 Å². The highest BCUT2D eigenvalue weighted by Crippen LogP contribution is 2.15. The Morgan fingerprint density at radius 2 is 1.88 bits per heavy atom. The molecule has 2 heterocycles. The van der Waals surface area contributed by atoms with Gasteiger partial charge in [-0.05, 0) is 35.9 Å². The minimum absolute atomic E-state index is 0.751. The molecule has 0 aliphatic rings. The van der Waals surface area contributed by atoms with Crippen molar-refractivity contribution in [2.24, 2.45) is 0 Å². The zero-order valence-corrected chi connectivity index (χ0v) is 8.58. The fraction of sp³-hybridized carbons (Fsp3) is 0. The lowest BCUT2D eigenvalue weighted by atomic mass is 10.2. The molecule has 0 unspecified atom stereocenters. The van der Waals surface area contributed by atoms with Gasteiger partial charge in [-0.1, -0.05) is 12.1 Å². The molecule has 0 bridgehead atoms. The Morgan fingerprint density at radius 3 is 2.62 bits per heavy atom. The molecular formula is C13H10N2O. The number of aromatic nitrogens is 2. The third kappa shape index (κ3) is 2.39. The summed E-state index contributed by atoms with van der Waals surface area (Å²) in [6.45, 7) is 0. The minimum atomic E-state index is 0.751. The summed E-state index contributed by atoms with van der Waals surface area (Å²) in [5, 5.41) is 0. The molecule has 0 radical (unpaired) electrons. The lowest BCUT2D eigenvalue weighted by Crippen LogP contribution is -1.86. The van der Waals surface area contributed by atoms with E-state index in [-0.39, 0.29) is 0 Å². The summed E-state index contributed by atoms with van der Waals surface area (Å²) >= 11 is 0. The van der Waals surface area contributed by atoms with E-state index in [1.165, 1.54) is 6.08 Å². The third-order valence-electron chi connectivity index (χ3n) is 2.08. The van der Waals surface area contributed by atoms with Gasteiger partial charge in [-0.15, -0.1) is 0 Å².